The van der Waals surface area contributed by atoms with Gasteiger partial charge in [0.1, 0.15) is 0 Å². The minimum absolute atomic E-state index is 0.452. The van der Waals surface area contributed by atoms with E-state index in [9.17, 15) is 0 Å². The Balaban J connectivity index is 1.72. The van der Waals surface area contributed by atoms with Gasteiger partial charge < -0.3 is 5.32 Å². The van der Waals surface area contributed by atoms with Crippen molar-refractivity contribution >= 4 is 22.9 Å². The molecule has 0 amide bonds. The van der Waals surface area contributed by atoms with Gasteiger partial charge in [-0.3, -0.25) is 0 Å². The highest BCUT2D eigenvalue weighted by molar-refractivity contribution is 7.16. The molecule has 3 rings (SSSR count). The topological polar surface area (TPSA) is 12.0 Å². The lowest BCUT2D eigenvalue weighted by Crippen LogP contribution is -2.44. The van der Waals surface area contributed by atoms with Crippen LogP contribution in [0.2, 0.25) is 4.34 Å². The first-order chi connectivity index (χ1) is 9.24. The van der Waals surface area contributed by atoms with Crippen LogP contribution < -0.4 is 5.32 Å². The van der Waals surface area contributed by atoms with Crippen LogP contribution in [0.1, 0.15) is 69.9 Å². The molecule has 0 radical (unpaired) electrons. The number of fused-ring (bicyclic) bond motifs is 1. The Morgan fingerprint density at radius 2 is 1.85 bits per heavy atom. The average Bonchev–Trinajstić information content (AvgIpc) is 2.75. The minimum atomic E-state index is 0.452. The van der Waals surface area contributed by atoms with Crippen LogP contribution in [-0.2, 0) is 6.42 Å². The molecule has 0 saturated heterocycles. The molecule has 1 aromatic rings. The van der Waals surface area contributed by atoms with Gasteiger partial charge in [0.05, 0.1) is 4.34 Å². The standard InChI is InChI=1S/C17H26ClNS/c1-16(2)8-11(9-17(3,4)10-16)19-13-5-6-14-12(13)7-15(18)20-14/h7,11,13,19H,5-6,8-10H2,1-4H3. The van der Waals surface area contributed by atoms with E-state index in [1.54, 1.807) is 11.3 Å². The van der Waals surface area contributed by atoms with E-state index in [1.807, 2.05) is 0 Å². The molecule has 1 nitrogen and oxygen atoms in total. The van der Waals surface area contributed by atoms with Gasteiger partial charge in [0, 0.05) is 17.0 Å². The Morgan fingerprint density at radius 1 is 1.20 bits per heavy atom. The maximum atomic E-state index is 6.17. The molecule has 20 heavy (non-hydrogen) atoms. The normalized spacial score (nSPS) is 28.6. The molecule has 1 N–H and O–H groups in total. The first-order valence-corrected chi connectivity index (χ1v) is 8.98. The molecule has 1 fully saturated rings. The van der Waals surface area contributed by atoms with Crippen LogP contribution in [0.15, 0.2) is 6.07 Å². The molecule has 1 atom stereocenters. The van der Waals surface area contributed by atoms with Gasteiger partial charge >= 0.3 is 0 Å². The molecule has 1 heterocycles. The molecule has 0 bridgehead atoms. The zero-order valence-electron chi connectivity index (χ0n) is 13.1. The van der Waals surface area contributed by atoms with Gasteiger partial charge in [-0.2, -0.15) is 0 Å². The summed E-state index contributed by atoms with van der Waals surface area (Å²) in [5, 5.41) is 3.95. The molecule has 0 aliphatic heterocycles. The summed E-state index contributed by atoms with van der Waals surface area (Å²) in [5.74, 6) is 0. The third-order valence-electron chi connectivity index (χ3n) is 4.84. The molecule has 2 aliphatic carbocycles. The van der Waals surface area contributed by atoms with Crippen LogP contribution in [0.3, 0.4) is 0 Å². The van der Waals surface area contributed by atoms with Crippen LogP contribution >= 0.6 is 22.9 Å². The van der Waals surface area contributed by atoms with E-state index in [0.717, 1.165) is 4.34 Å². The van der Waals surface area contributed by atoms with Crippen molar-refractivity contribution in [2.24, 2.45) is 10.8 Å². The van der Waals surface area contributed by atoms with Crippen molar-refractivity contribution in [1.29, 1.82) is 0 Å². The summed E-state index contributed by atoms with van der Waals surface area (Å²) in [6.45, 7) is 9.68. The summed E-state index contributed by atoms with van der Waals surface area (Å²) in [7, 11) is 0. The molecule has 0 spiro atoms. The monoisotopic (exact) mass is 311 g/mol. The molecule has 112 valence electrons. The van der Waals surface area contributed by atoms with Gasteiger partial charge in [0.15, 0.2) is 0 Å². The van der Waals surface area contributed by atoms with Gasteiger partial charge in [0.25, 0.3) is 0 Å². The molecular weight excluding hydrogens is 286 g/mol. The summed E-state index contributed by atoms with van der Waals surface area (Å²) in [4.78, 5) is 1.50. The Labute approximate surface area is 132 Å². The summed E-state index contributed by atoms with van der Waals surface area (Å²) < 4.78 is 0.950. The highest BCUT2D eigenvalue weighted by atomic mass is 35.5. The van der Waals surface area contributed by atoms with Gasteiger partial charge in [0.2, 0.25) is 0 Å². The number of hydrogen-bond donors (Lipinski definition) is 1. The van der Waals surface area contributed by atoms with Gasteiger partial charge in [-0.25, -0.2) is 0 Å². The Morgan fingerprint density at radius 3 is 2.50 bits per heavy atom. The predicted molar refractivity (Wildman–Crippen MR) is 88.7 cm³/mol. The highest BCUT2D eigenvalue weighted by Gasteiger charge is 2.39. The second kappa shape index (κ2) is 5.00. The third-order valence-corrected chi connectivity index (χ3v) is 6.18. The lowest BCUT2D eigenvalue weighted by atomic mass is 9.63. The van der Waals surface area contributed by atoms with Crippen LogP contribution in [-0.4, -0.2) is 6.04 Å². The molecule has 0 aromatic carbocycles. The molecule has 1 saturated carbocycles. The first-order valence-electron chi connectivity index (χ1n) is 7.78. The number of thiophene rings is 1. The summed E-state index contributed by atoms with van der Waals surface area (Å²) >= 11 is 7.94. The maximum Gasteiger partial charge on any atom is 0.0934 e. The van der Waals surface area contributed by atoms with Crippen LogP contribution in [0, 0.1) is 10.8 Å². The molecular formula is C17H26ClNS. The quantitative estimate of drug-likeness (QED) is 0.751. The molecule has 1 unspecified atom stereocenters. The van der Waals surface area contributed by atoms with Crippen molar-refractivity contribution in [3.63, 3.8) is 0 Å². The van der Waals surface area contributed by atoms with Crippen LogP contribution in [0.4, 0.5) is 0 Å². The van der Waals surface area contributed by atoms with Crippen molar-refractivity contribution < 1.29 is 0 Å². The maximum absolute atomic E-state index is 6.17. The largest absolute Gasteiger partial charge is 0.307 e. The second-order valence-corrected chi connectivity index (χ2v) is 10.1. The number of hydrogen-bond acceptors (Lipinski definition) is 2. The van der Waals surface area contributed by atoms with Crippen molar-refractivity contribution in [3.8, 4) is 0 Å². The van der Waals surface area contributed by atoms with E-state index in [0.29, 0.717) is 22.9 Å². The van der Waals surface area contributed by atoms with Gasteiger partial charge in [-0.1, -0.05) is 39.3 Å². The zero-order valence-corrected chi connectivity index (χ0v) is 14.6. The fraction of sp³-hybridized carbons (Fsp3) is 0.765. The number of nitrogens with one attached hydrogen (secondary N) is 1. The minimum Gasteiger partial charge on any atom is -0.307 e. The highest BCUT2D eigenvalue weighted by Crippen LogP contribution is 2.47. The average molecular weight is 312 g/mol. The fourth-order valence-corrected chi connectivity index (χ4v) is 6.11. The lowest BCUT2D eigenvalue weighted by molar-refractivity contribution is 0.0802. The Bertz CT molecular complexity index is 487. The van der Waals surface area contributed by atoms with Crippen molar-refractivity contribution in [3.05, 3.63) is 20.8 Å². The van der Waals surface area contributed by atoms with Crippen LogP contribution in [0.25, 0.3) is 0 Å². The Kier molecular flexibility index (Phi) is 3.72. The first kappa shape index (κ1) is 14.9. The number of rotatable bonds is 2. The van der Waals surface area contributed by atoms with E-state index >= 15 is 0 Å². The van der Waals surface area contributed by atoms with E-state index in [4.69, 9.17) is 11.6 Å². The summed E-state index contributed by atoms with van der Waals surface area (Å²) in [6, 6.07) is 3.36. The number of halogens is 1. The summed E-state index contributed by atoms with van der Waals surface area (Å²) in [5.41, 5.74) is 2.38. The molecule has 1 aromatic heterocycles. The van der Waals surface area contributed by atoms with E-state index < -0.39 is 0 Å². The van der Waals surface area contributed by atoms with E-state index in [2.05, 4.69) is 39.1 Å². The SMILES string of the molecule is CC1(C)CC(NC2CCc3sc(Cl)cc32)CC(C)(C)C1. The summed E-state index contributed by atoms with van der Waals surface area (Å²) in [6.07, 6.45) is 6.36. The van der Waals surface area contributed by atoms with E-state index in [1.165, 1.54) is 42.5 Å². The Hall–Kier alpha value is -0.0500. The third kappa shape index (κ3) is 3.08. The van der Waals surface area contributed by atoms with Crippen LogP contribution in [0.5, 0.6) is 0 Å². The molecule has 2 aliphatic rings. The van der Waals surface area contributed by atoms with Gasteiger partial charge in [-0.15, -0.1) is 11.3 Å². The van der Waals surface area contributed by atoms with Gasteiger partial charge in [-0.05, 0) is 54.6 Å². The fourth-order valence-electron chi connectivity index (χ4n) is 4.75. The zero-order chi connectivity index (χ0) is 14.5. The predicted octanol–water partition coefficient (Wildman–Crippen LogP) is 5.58. The smallest absolute Gasteiger partial charge is 0.0934 e. The van der Waals surface area contributed by atoms with Crippen molar-refractivity contribution in [2.45, 2.75) is 71.9 Å². The lowest BCUT2D eigenvalue weighted by Gasteiger charge is -2.46. The molecule has 3 heteroatoms. The van der Waals surface area contributed by atoms with Crippen molar-refractivity contribution in [2.75, 3.05) is 0 Å². The second-order valence-electron chi connectivity index (χ2n) is 8.30. The van der Waals surface area contributed by atoms with Crippen molar-refractivity contribution in [1.82, 2.24) is 5.32 Å². The number of aryl methyl sites for hydroxylation is 1. The van der Waals surface area contributed by atoms with E-state index in [-0.39, 0.29) is 0 Å².